The molecule has 2 aromatic heterocycles. The lowest BCUT2D eigenvalue weighted by Crippen LogP contribution is -2.27. The van der Waals surface area contributed by atoms with Crippen LogP contribution in [0, 0.1) is 13.8 Å². The number of imidazole rings is 1. The lowest BCUT2D eigenvalue weighted by molar-refractivity contribution is 0.0952. The number of nitrogens with one attached hydrogen (secondary N) is 3. The Morgan fingerprint density at radius 1 is 1.33 bits per heavy atom. The van der Waals surface area contributed by atoms with E-state index in [1.807, 2.05) is 19.1 Å². The molecule has 1 aromatic carbocycles. The van der Waals surface area contributed by atoms with Crippen molar-refractivity contribution in [2.45, 2.75) is 39.0 Å². The molecule has 4 rings (SSSR count). The minimum atomic E-state index is -0.0459. The zero-order chi connectivity index (χ0) is 16.7. The summed E-state index contributed by atoms with van der Waals surface area (Å²) in [7, 11) is 0. The van der Waals surface area contributed by atoms with E-state index in [1.165, 1.54) is 0 Å². The molecule has 0 unspecified atom stereocenters. The summed E-state index contributed by atoms with van der Waals surface area (Å²) in [6.07, 6.45) is 2.93. The van der Waals surface area contributed by atoms with Crippen LogP contribution in [0.3, 0.4) is 0 Å². The van der Waals surface area contributed by atoms with E-state index in [1.54, 1.807) is 0 Å². The number of aromatic amines is 2. The predicted octanol–water partition coefficient (Wildman–Crippen LogP) is 2.75. The van der Waals surface area contributed by atoms with Crippen LogP contribution in [0.25, 0.3) is 11.0 Å². The van der Waals surface area contributed by atoms with Crippen LogP contribution in [-0.2, 0) is 6.42 Å². The Morgan fingerprint density at radius 3 is 2.92 bits per heavy atom. The molecule has 0 aliphatic heterocycles. The number of benzene rings is 1. The fraction of sp³-hybridized carbons (Fsp3) is 0.389. The van der Waals surface area contributed by atoms with Gasteiger partial charge < -0.3 is 10.3 Å². The van der Waals surface area contributed by atoms with Crippen molar-refractivity contribution in [2.24, 2.45) is 0 Å². The van der Waals surface area contributed by atoms with E-state index in [0.29, 0.717) is 18.9 Å². The molecule has 0 bridgehead atoms. The van der Waals surface area contributed by atoms with Crippen molar-refractivity contribution in [1.82, 2.24) is 25.5 Å². The molecule has 0 saturated heterocycles. The van der Waals surface area contributed by atoms with E-state index in [9.17, 15) is 4.79 Å². The normalized spacial score (nSPS) is 14.2. The SMILES string of the molecule is Cc1[nH]nc(C2CC2)c1C(=O)NCCc1nc2c(C)cccc2[nH]1. The maximum atomic E-state index is 12.5. The van der Waals surface area contributed by atoms with Gasteiger partial charge in [0.2, 0.25) is 0 Å². The molecule has 0 atom stereocenters. The first-order valence-corrected chi connectivity index (χ1v) is 8.40. The summed E-state index contributed by atoms with van der Waals surface area (Å²) >= 11 is 0. The number of hydrogen-bond acceptors (Lipinski definition) is 3. The van der Waals surface area contributed by atoms with Crippen LogP contribution in [0.15, 0.2) is 18.2 Å². The summed E-state index contributed by atoms with van der Waals surface area (Å²) in [4.78, 5) is 20.4. The van der Waals surface area contributed by atoms with Crippen molar-refractivity contribution >= 4 is 16.9 Å². The van der Waals surface area contributed by atoms with Crippen molar-refractivity contribution in [3.8, 4) is 0 Å². The smallest absolute Gasteiger partial charge is 0.255 e. The second-order valence-electron chi connectivity index (χ2n) is 6.54. The van der Waals surface area contributed by atoms with Crippen LogP contribution < -0.4 is 5.32 Å². The Balaban J connectivity index is 1.42. The second-order valence-corrected chi connectivity index (χ2v) is 6.54. The highest BCUT2D eigenvalue weighted by Crippen LogP contribution is 2.41. The largest absolute Gasteiger partial charge is 0.351 e. The van der Waals surface area contributed by atoms with E-state index in [4.69, 9.17) is 0 Å². The topological polar surface area (TPSA) is 86.5 Å². The monoisotopic (exact) mass is 323 g/mol. The molecule has 1 aliphatic carbocycles. The Morgan fingerprint density at radius 2 is 2.17 bits per heavy atom. The number of aromatic nitrogens is 4. The number of fused-ring (bicyclic) bond motifs is 1. The third-order valence-corrected chi connectivity index (χ3v) is 4.58. The van der Waals surface area contributed by atoms with E-state index in [0.717, 1.165) is 52.2 Å². The van der Waals surface area contributed by atoms with Crippen LogP contribution in [0.2, 0.25) is 0 Å². The van der Waals surface area contributed by atoms with Crippen molar-refractivity contribution in [3.05, 3.63) is 46.5 Å². The van der Waals surface area contributed by atoms with Gasteiger partial charge in [0.05, 0.1) is 22.3 Å². The number of para-hydroxylation sites is 1. The summed E-state index contributed by atoms with van der Waals surface area (Å²) in [5.41, 5.74) is 5.68. The summed E-state index contributed by atoms with van der Waals surface area (Å²) < 4.78 is 0. The first-order chi connectivity index (χ1) is 11.6. The number of amides is 1. The molecule has 1 aliphatic rings. The molecule has 0 radical (unpaired) electrons. The minimum absolute atomic E-state index is 0.0459. The fourth-order valence-corrected chi connectivity index (χ4v) is 3.11. The summed E-state index contributed by atoms with van der Waals surface area (Å²) in [6.45, 7) is 4.50. The van der Waals surface area contributed by atoms with Crippen LogP contribution in [0.5, 0.6) is 0 Å². The molecule has 6 nitrogen and oxygen atoms in total. The highest BCUT2D eigenvalue weighted by Gasteiger charge is 2.31. The number of rotatable bonds is 5. The van der Waals surface area contributed by atoms with Gasteiger partial charge in [0.15, 0.2) is 0 Å². The predicted molar refractivity (Wildman–Crippen MR) is 92.2 cm³/mol. The second kappa shape index (κ2) is 5.78. The van der Waals surface area contributed by atoms with Crippen molar-refractivity contribution in [3.63, 3.8) is 0 Å². The lowest BCUT2D eigenvalue weighted by atomic mass is 10.1. The molecule has 1 saturated carbocycles. The average Bonchev–Trinajstić information content (AvgIpc) is 3.19. The Bertz CT molecular complexity index is 903. The van der Waals surface area contributed by atoms with Crippen LogP contribution in [0.4, 0.5) is 0 Å². The maximum absolute atomic E-state index is 12.5. The lowest BCUT2D eigenvalue weighted by Gasteiger charge is -2.05. The number of nitrogens with zero attached hydrogens (tertiary/aromatic N) is 2. The highest BCUT2D eigenvalue weighted by atomic mass is 16.1. The Hall–Kier alpha value is -2.63. The van der Waals surface area contributed by atoms with Gasteiger partial charge in [0, 0.05) is 24.6 Å². The summed E-state index contributed by atoms with van der Waals surface area (Å²) in [5.74, 6) is 1.30. The zero-order valence-corrected chi connectivity index (χ0v) is 13.9. The van der Waals surface area contributed by atoms with Gasteiger partial charge in [-0.1, -0.05) is 12.1 Å². The van der Waals surface area contributed by atoms with Gasteiger partial charge in [-0.15, -0.1) is 0 Å². The van der Waals surface area contributed by atoms with Crippen molar-refractivity contribution < 1.29 is 4.79 Å². The minimum Gasteiger partial charge on any atom is -0.351 e. The van der Waals surface area contributed by atoms with E-state index in [-0.39, 0.29) is 5.91 Å². The van der Waals surface area contributed by atoms with E-state index in [2.05, 4.69) is 38.5 Å². The molecule has 124 valence electrons. The van der Waals surface area contributed by atoms with Gasteiger partial charge in [-0.05, 0) is 38.3 Å². The number of aryl methyl sites for hydroxylation is 2. The quantitative estimate of drug-likeness (QED) is 0.675. The van der Waals surface area contributed by atoms with Gasteiger partial charge in [0.25, 0.3) is 5.91 Å². The molecule has 2 heterocycles. The molecule has 1 amide bonds. The molecular weight excluding hydrogens is 302 g/mol. The van der Waals surface area contributed by atoms with Crippen molar-refractivity contribution in [2.75, 3.05) is 6.54 Å². The Kier molecular flexibility index (Phi) is 3.59. The number of carbonyl (C=O) groups excluding carboxylic acids is 1. The summed E-state index contributed by atoms with van der Waals surface area (Å²) in [5, 5.41) is 10.2. The molecule has 1 fully saturated rings. The highest BCUT2D eigenvalue weighted by molar-refractivity contribution is 5.96. The molecule has 0 spiro atoms. The number of carbonyl (C=O) groups is 1. The molecule has 3 N–H and O–H groups in total. The molecule has 6 heteroatoms. The van der Waals surface area contributed by atoms with Gasteiger partial charge in [-0.25, -0.2) is 4.98 Å². The first kappa shape index (κ1) is 14.9. The maximum Gasteiger partial charge on any atom is 0.255 e. The number of H-pyrrole nitrogens is 2. The molecular formula is C18H21N5O. The van der Waals surface area contributed by atoms with Gasteiger partial charge in [0.1, 0.15) is 5.82 Å². The third-order valence-electron chi connectivity index (χ3n) is 4.58. The van der Waals surface area contributed by atoms with Crippen LogP contribution in [-0.4, -0.2) is 32.6 Å². The Labute approximate surface area is 140 Å². The zero-order valence-electron chi connectivity index (χ0n) is 13.9. The van der Waals surface area contributed by atoms with Crippen LogP contribution in [0.1, 0.15) is 51.9 Å². The van der Waals surface area contributed by atoms with Gasteiger partial charge >= 0.3 is 0 Å². The van der Waals surface area contributed by atoms with Gasteiger partial charge in [-0.2, -0.15) is 5.10 Å². The average molecular weight is 323 g/mol. The van der Waals surface area contributed by atoms with Crippen LogP contribution >= 0.6 is 0 Å². The number of hydrogen-bond donors (Lipinski definition) is 3. The molecule has 24 heavy (non-hydrogen) atoms. The van der Waals surface area contributed by atoms with E-state index >= 15 is 0 Å². The van der Waals surface area contributed by atoms with Crippen molar-refractivity contribution in [1.29, 1.82) is 0 Å². The summed E-state index contributed by atoms with van der Waals surface area (Å²) in [6, 6.07) is 6.09. The third kappa shape index (κ3) is 2.68. The molecule has 3 aromatic rings. The first-order valence-electron chi connectivity index (χ1n) is 8.40. The van der Waals surface area contributed by atoms with Gasteiger partial charge in [-0.3, -0.25) is 9.89 Å². The van der Waals surface area contributed by atoms with E-state index < -0.39 is 0 Å². The standard InChI is InChI=1S/C18H21N5O/c1-10-4-3-5-13-16(10)21-14(20-13)8-9-19-18(24)15-11(2)22-23-17(15)12-6-7-12/h3-5,12H,6-9H2,1-2H3,(H,19,24)(H,20,21)(H,22,23). The fourth-order valence-electron chi connectivity index (χ4n) is 3.11.